The van der Waals surface area contributed by atoms with E-state index in [0.29, 0.717) is 10.9 Å². The fourth-order valence-electron chi connectivity index (χ4n) is 1.85. The average Bonchev–Trinajstić information content (AvgIpc) is 2.22. The molecule has 16 heavy (non-hydrogen) atoms. The van der Waals surface area contributed by atoms with Gasteiger partial charge in [0.15, 0.2) is 0 Å². The average molecular weight is 306 g/mol. The molecule has 1 aromatic rings. The van der Waals surface area contributed by atoms with Gasteiger partial charge >= 0.3 is 0 Å². The van der Waals surface area contributed by atoms with Crippen molar-refractivity contribution in [3.05, 3.63) is 33.3 Å². The van der Waals surface area contributed by atoms with Gasteiger partial charge in [0, 0.05) is 4.47 Å². The van der Waals surface area contributed by atoms with Crippen LogP contribution in [0, 0.1) is 5.92 Å². The lowest BCUT2D eigenvalue weighted by molar-refractivity contribution is 0.145. The standard InChI is InChI=1S/C13H18BrClO/c1-3-4-9(2)7-13(16)10-5-6-11(14)12(15)8-10/h5-6,8-9,13,16H,3-4,7H2,1-2H3. The monoisotopic (exact) mass is 304 g/mol. The molecule has 0 saturated heterocycles. The van der Waals surface area contributed by atoms with Crippen molar-refractivity contribution in [2.45, 2.75) is 39.2 Å². The molecule has 2 unspecified atom stereocenters. The van der Waals surface area contributed by atoms with Crippen molar-refractivity contribution in [3.63, 3.8) is 0 Å². The fraction of sp³-hybridized carbons (Fsp3) is 0.538. The Morgan fingerprint density at radius 1 is 1.44 bits per heavy atom. The van der Waals surface area contributed by atoms with Crippen LogP contribution in [-0.4, -0.2) is 5.11 Å². The summed E-state index contributed by atoms with van der Waals surface area (Å²) in [5, 5.41) is 10.7. The van der Waals surface area contributed by atoms with Crippen molar-refractivity contribution in [1.29, 1.82) is 0 Å². The normalized spacial score (nSPS) is 14.8. The van der Waals surface area contributed by atoms with E-state index in [9.17, 15) is 5.11 Å². The molecule has 0 aliphatic carbocycles. The Kier molecular flexibility index (Phi) is 5.81. The van der Waals surface area contributed by atoms with E-state index in [1.807, 2.05) is 18.2 Å². The summed E-state index contributed by atoms with van der Waals surface area (Å²) >= 11 is 9.34. The number of benzene rings is 1. The summed E-state index contributed by atoms with van der Waals surface area (Å²) in [6.07, 6.45) is 2.70. The number of hydrogen-bond acceptors (Lipinski definition) is 1. The Labute approximate surface area is 111 Å². The first-order valence-electron chi connectivity index (χ1n) is 5.67. The highest BCUT2D eigenvalue weighted by atomic mass is 79.9. The van der Waals surface area contributed by atoms with E-state index in [1.54, 1.807) is 0 Å². The van der Waals surface area contributed by atoms with E-state index in [0.717, 1.165) is 29.3 Å². The minimum Gasteiger partial charge on any atom is -0.388 e. The summed E-state index contributed by atoms with van der Waals surface area (Å²) in [6, 6.07) is 5.62. The number of hydrogen-bond donors (Lipinski definition) is 1. The van der Waals surface area contributed by atoms with E-state index < -0.39 is 6.10 Å². The Hall–Kier alpha value is -0.0500. The van der Waals surface area contributed by atoms with E-state index in [4.69, 9.17) is 11.6 Å². The van der Waals surface area contributed by atoms with Crippen molar-refractivity contribution < 1.29 is 5.11 Å². The summed E-state index contributed by atoms with van der Waals surface area (Å²) in [7, 11) is 0. The van der Waals surface area contributed by atoms with Crippen LogP contribution in [0.1, 0.15) is 44.8 Å². The molecule has 2 atom stereocenters. The van der Waals surface area contributed by atoms with Gasteiger partial charge in [-0.2, -0.15) is 0 Å². The van der Waals surface area contributed by atoms with Gasteiger partial charge < -0.3 is 5.11 Å². The third-order valence-corrected chi connectivity index (χ3v) is 3.97. The molecule has 0 aromatic heterocycles. The Morgan fingerprint density at radius 3 is 2.69 bits per heavy atom. The molecule has 1 N–H and O–H groups in total. The smallest absolute Gasteiger partial charge is 0.0793 e. The molecular weight excluding hydrogens is 287 g/mol. The molecular formula is C13H18BrClO. The number of rotatable bonds is 5. The predicted octanol–water partition coefficient (Wildman–Crippen LogP) is 4.96. The molecule has 0 radical (unpaired) electrons. The molecule has 0 fully saturated rings. The van der Waals surface area contributed by atoms with Crippen LogP contribution < -0.4 is 0 Å². The molecule has 90 valence electrons. The van der Waals surface area contributed by atoms with Crippen LogP contribution in [0.15, 0.2) is 22.7 Å². The van der Waals surface area contributed by atoms with Crippen LogP contribution in [0.25, 0.3) is 0 Å². The zero-order chi connectivity index (χ0) is 12.1. The maximum Gasteiger partial charge on any atom is 0.0793 e. The minimum absolute atomic E-state index is 0.410. The summed E-state index contributed by atoms with van der Waals surface area (Å²) < 4.78 is 0.867. The minimum atomic E-state index is -0.410. The van der Waals surface area contributed by atoms with Crippen LogP contribution in [0.3, 0.4) is 0 Å². The molecule has 3 heteroatoms. The molecule has 1 rings (SSSR count). The van der Waals surface area contributed by atoms with E-state index in [2.05, 4.69) is 29.8 Å². The Bertz CT molecular complexity index is 341. The summed E-state index contributed by atoms with van der Waals surface area (Å²) in [6.45, 7) is 4.34. The van der Waals surface area contributed by atoms with Crippen molar-refractivity contribution >= 4 is 27.5 Å². The SMILES string of the molecule is CCCC(C)CC(O)c1ccc(Br)c(Cl)c1. The van der Waals surface area contributed by atoms with Crippen LogP contribution in [-0.2, 0) is 0 Å². The second kappa shape index (κ2) is 6.63. The van der Waals surface area contributed by atoms with Gasteiger partial charge in [-0.1, -0.05) is 44.4 Å². The van der Waals surface area contributed by atoms with Crippen molar-refractivity contribution in [2.75, 3.05) is 0 Å². The van der Waals surface area contributed by atoms with Crippen LogP contribution in [0.2, 0.25) is 5.02 Å². The van der Waals surface area contributed by atoms with Crippen molar-refractivity contribution in [3.8, 4) is 0 Å². The summed E-state index contributed by atoms with van der Waals surface area (Å²) in [4.78, 5) is 0. The number of aliphatic hydroxyl groups is 1. The van der Waals surface area contributed by atoms with Gasteiger partial charge in [-0.05, 0) is 46.0 Å². The molecule has 0 aliphatic rings. The molecule has 0 aliphatic heterocycles. The molecule has 0 amide bonds. The van der Waals surface area contributed by atoms with E-state index >= 15 is 0 Å². The second-order valence-corrected chi connectivity index (χ2v) is 5.58. The lowest BCUT2D eigenvalue weighted by Crippen LogP contribution is -2.04. The van der Waals surface area contributed by atoms with Crippen LogP contribution in [0.4, 0.5) is 0 Å². The van der Waals surface area contributed by atoms with Gasteiger partial charge in [0.05, 0.1) is 11.1 Å². The highest BCUT2D eigenvalue weighted by Crippen LogP contribution is 2.29. The maximum atomic E-state index is 10.1. The maximum absolute atomic E-state index is 10.1. The fourth-order valence-corrected chi connectivity index (χ4v) is 2.28. The van der Waals surface area contributed by atoms with Gasteiger partial charge in [-0.15, -0.1) is 0 Å². The second-order valence-electron chi connectivity index (χ2n) is 4.32. The van der Waals surface area contributed by atoms with E-state index in [-0.39, 0.29) is 0 Å². The molecule has 1 nitrogen and oxygen atoms in total. The van der Waals surface area contributed by atoms with Crippen LogP contribution >= 0.6 is 27.5 Å². The van der Waals surface area contributed by atoms with Gasteiger partial charge in [0.25, 0.3) is 0 Å². The largest absolute Gasteiger partial charge is 0.388 e. The molecule has 0 bridgehead atoms. The zero-order valence-corrected chi connectivity index (χ0v) is 12.1. The highest BCUT2D eigenvalue weighted by molar-refractivity contribution is 9.10. The van der Waals surface area contributed by atoms with Gasteiger partial charge in [-0.25, -0.2) is 0 Å². The Morgan fingerprint density at radius 2 is 2.12 bits per heavy atom. The third kappa shape index (κ3) is 4.08. The molecule has 0 spiro atoms. The molecule has 1 aromatic carbocycles. The third-order valence-electron chi connectivity index (χ3n) is 2.74. The van der Waals surface area contributed by atoms with Gasteiger partial charge in [0.1, 0.15) is 0 Å². The lowest BCUT2D eigenvalue weighted by Gasteiger charge is -2.16. The zero-order valence-electron chi connectivity index (χ0n) is 9.71. The predicted molar refractivity (Wildman–Crippen MR) is 72.8 cm³/mol. The van der Waals surface area contributed by atoms with E-state index in [1.165, 1.54) is 0 Å². The first-order valence-corrected chi connectivity index (χ1v) is 6.84. The topological polar surface area (TPSA) is 20.2 Å². The van der Waals surface area contributed by atoms with Crippen LogP contribution in [0.5, 0.6) is 0 Å². The van der Waals surface area contributed by atoms with Crippen molar-refractivity contribution in [1.82, 2.24) is 0 Å². The molecule has 0 saturated carbocycles. The first-order chi connectivity index (χ1) is 7.54. The Balaban J connectivity index is 2.65. The van der Waals surface area contributed by atoms with Crippen molar-refractivity contribution in [2.24, 2.45) is 5.92 Å². The molecule has 0 heterocycles. The number of aliphatic hydroxyl groups excluding tert-OH is 1. The summed E-state index contributed by atoms with van der Waals surface area (Å²) in [5.74, 6) is 0.544. The highest BCUT2D eigenvalue weighted by Gasteiger charge is 2.13. The first kappa shape index (κ1) is 14.0. The van der Waals surface area contributed by atoms with Gasteiger partial charge in [0.2, 0.25) is 0 Å². The number of halogens is 2. The quantitative estimate of drug-likeness (QED) is 0.815. The lowest BCUT2D eigenvalue weighted by atomic mass is 9.95. The summed E-state index contributed by atoms with van der Waals surface area (Å²) in [5.41, 5.74) is 0.899. The van der Waals surface area contributed by atoms with Gasteiger partial charge in [-0.3, -0.25) is 0 Å².